The summed E-state index contributed by atoms with van der Waals surface area (Å²) in [5.74, 6) is 0.242. The van der Waals surface area contributed by atoms with Gasteiger partial charge in [-0.25, -0.2) is 9.79 Å². The second-order valence-electron chi connectivity index (χ2n) is 14.2. The maximum Gasteiger partial charge on any atom is 0.399 e. The van der Waals surface area contributed by atoms with Crippen molar-refractivity contribution < 1.29 is 23.7 Å². The summed E-state index contributed by atoms with van der Waals surface area (Å²) in [5.41, 5.74) is 6.87. The third kappa shape index (κ3) is 9.05. The number of carbonyl (C=O) groups excluding carboxylic acids is 3. The lowest BCUT2D eigenvalue weighted by Crippen LogP contribution is -2.39. The number of hydrogen-bond donors (Lipinski definition) is 1. The highest BCUT2D eigenvalue weighted by atomic mass is 16.5. The van der Waals surface area contributed by atoms with Crippen molar-refractivity contribution >= 4 is 42.8 Å². The van der Waals surface area contributed by atoms with Crippen LogP contribution in [0.3, 0.4) is 0 Å². The van der Waals surface area contributed by atoms with E-state index in [1.807, 2.05) is 55.5 Å². The van der Waals surface area contributed by atoms with Gasteiger partial charge in [-0.1, -0.05) is 58.9 Å². The minimum Gasteiger partial charge on any atom is -0.497 e. The molecular formula is C41H50N3O4+. The molecule has 0 bridgehead atoms. The third-order valence-corrected chi connectivity index (χ3v) is 9.47. The number of nitrogens with zero attached hydrogens (tertiary/aromatic N) is 2. The first-order chi connectivity index (χ1) is 22.8. The average Bonchev–Trinajstić information content (AvgIpc) is 3.29. The molecule has 48 heavy (non-hydrogen) atoms. The van der Waals surface area contributed by atoms with E-state index in [9.17, 15) is 14.4 Å². The van der Waals surface area contributed by atoms with Crippen molar-refractivity contribution in [3.8, 4) is 0 Å². The average molecular weight is 649 g/mol. The molecule has 0 heterocycles. The quantitative estimate of drug-likeness (QED) is 0.134. The normalized spacial score (nSPS) is 21.1. The SMILES string of the molecule is C=NC(=O)c1cccc2c1C=C=CC=C2NC(CCC(C)C(=O)CCC(C)(C)C)C1C=C([N+](=C)C(=O)C2C=CC(OC)=CC2)C=CC1C. The molecule has 4 rings (SSSR count). The fourth-order valence-electron chi connectivity index (χ4n) is 6.31. The molecular weight excluding hydrogens is 598 g/mol. The summed E-state index contributed by atoms with van der Waals surface area (Å²) in [7, 11) is 1.62. The van der Waals surface area contributed by atoms with Crippen molar-refractivity contribution in [3.05, 3.63) is 101 Å². The highest BCUT2D eigenvalue weighted by Gasteiger charge is 2.34. The number of ether oxygens (including phenoxy) is 1. The molecule has 0 spiro atoms. The molecule has 0 aromatic heterocycles. The Morgan fingerprint density at radius 2 is 1.94 bits per heavy atom. The van der Waals surface area contributed by atoms with E-state index in [1.54, 1.807) is 19.3 Å². The zero-order valence-corrected chi connectivity index (χ0v) is 29.3. The fraction of sp³-hybridized carbons (Fsp3) is 0.415. The Morgan fingerprint density at radius 1 is 1.17 bits per heavy atom. The number of aliphatic imine (C=N–C) groups is 1. The van der Waals surface area contributed by atoms with Crippen LogP contribution < -0.4 is 5.32 Å². The van der Waals surface area contributed by atoms with E-state index in [0.29, 0.717) is 31.2 Å². The molecule has 0 saturated carbocycles. The minimum absolute atomic E-state index is 0.0231. The smallest absolute Gasteiger partial charge is 0.399 e. The maximum absolute atomic E-state index is 13.5. The van der Waals surface area contributed by atoms with E-state index in [4.69, 9.17) is 4.74 Å². The van der Waals surface area contributed by atoms with Gasteiger partial charge in [0.25, 0.3) is 5.91 Å². The lowest BCUT2D eigenvalue weighted by Gasteiger charge is -2.33. The summed E-state index contributed by atoms with van der Waals surface area (Å²) in [6.45, 7) is 18.3. The number of benzene rings is 1. The molecule has 5 unspecified atom stereocenters. The van der Waals surface area contributed by atoms with E-state index in [1.165, 1.54) is 4.58 Å². The van der Waals surface area contributed by atoms with Gasteiger partial charge in [0, 0.05) is 47.2 Å². The van der Waals surface area contributed by atoms with Crippen LogP contribution in [0.1, 0.15) is 88.2 Å². The fourth-order valence-corrected chi connectivity index (χ4v) is 6.31. The van der Waals surface area contributed by atoms with Gasteiger partial charge in [0.1, 0.15) is 24.2 Å². The molecule has 5 atom stereocenters. The molecule has 1 N–H and O–H groups in total. The number of methoxy groups -OCH3 is 1. The number of nitrogens with one attached hydrogen (secondary N) is 1. The zero-order valence-electron chi connectivity index (χ0n) is 29.3. The summed E-state index contributed by atoms with van der Waals surface area (Å²) >= 11 is 0. The van der Waals surface area contributed by atoms with Crippen LogP contribution in [-0.2, 0) is 14.3 Å². The van der Waals surface area contributed by atoms with Gasteiger partial charge in [-0.05, 0) is 86.3 Å². The summed E-state index contributed by atoms with van der Waals surface area (Å²) in [6.07, 6.45) is 20.8. The zero-order chi connectivity index (χ0) is 35.0. The second kappa shape index (κ2) is 16.0. The van der Waals surface area contributed by atoms with E-state index in [0.717, 1.165) is 34.7 Å². The molecule has 7 heteroatoms. The van der Waals surface area contributed by atoms with Gasteiger partial charge in [0.05, 0.1) is 12.7 Å². The first-order valence-corrected chi connectivity index (χ1v) is 16.9. The number of rotatable bonds is 13. The lowest BCUT2D eigenvalue weighted by molar-refractivity contribution is -0.391. The number of allylic oxidation sites excluding steroid dienone is 6. The number of fused-ring (bicyclic) bond motifs is 1. The number of hydrogen-bond acceptors (Lipinski definition) is 5. The minimum atomic E-state index is -0.397. The molecule has 1 aromatic carbocycles. The Labute approximate surface area is 286 Å². The van der Waals surface area contributed by atoms with Crippen molar-refractivity contribution in [2.45, 2.75) is 72.8 Å². The summed E-state index contributed by atoms with van der Waals surface area (Å²) in [6, 6.07) is 5.46. The van der Waals surface area contributed by atoms with Crippen LogP contribution in [0.4, 0.5) is 0 Å². The lowest BCUT2D eigenvalue weighted by atomic mass is 9.79. The standard InChI is InChI=1S/C41H50N3O4/c1-27-16-20-30(44(7)40(47)29-18-21-31(48-8)22-19-29)26-35(27)37(23-17-28(2)38(45)24-25-41(3,4)5)43-36-15-10-9-12-32-33(36)13-11-14-34(32)39(46)42-6/h10-16,18,20-22,26-29,35,37,43H,6-7,17,19,23-25H2,1-5,8H3/q+1. The van der Waals surface area contributed by atoms with Crippen molar-refractivity contribution in [1.82, 2.24) is 5.32 Å². The molecule has 2 amide bonds. The highest BCUT2D eigenvalue weighted by molar-refractivity contribution is 6.02. The van der Waals surface area contributed by atoms with Crippen LogP contribution in [-0.4, -0.2) is 48.8 Å². The first kappa shape index (κ1) is 36.2. The molecule has 0 aliphatic heterocycles. The van der Waals surface area contributed by atoms with E-state index < -0.39 is 5.91 Å². The molecule has 0 radical (unpaired) electrons. The van der Waals surface area contributed by atoms with E-state index in [-0.39, 0.29) is 46.8 Å². The predicted molar refractivity (Wildman–Crippen MR) is 194 cm³/mol. The van der Waals surface area contributed by atoms with Gasteiger partial charge in [0.2, 0.25) is 5.70 Å². The molecule has 1 aromatic rings. The Hall–Kier alpha value is -4.61. The Bertz CT molecular complexity index is 1670. The molecule has 7 nitrogen and oxygen atoms in total. The van der Waals surface area contributed by atoms with Crippen LogP contribution in [0.2, 0.25) is 0 Å². The topological polar surface area (TPSA) is 87.8 Å². The van der Waals surface area contributed by atoms with Crippen LogP contribution in [0.15, 0.2) is 89.0 Å². The highest BCUT2D eigenvalue weighted by Crippen LogP contribution is 2.33. The third-order valence-electron chi connectivity index (χ3n) is 9.47. The van der Waals surface area contributed by atoms with E-state index in [2.05, 4.69) is 69.3 Å². The predicted octanol–water partition coefficient (Wildman–Crippen LogP) is 7.87. The Morgan fingerprint density at radius 3 is 2.60 bits per heavy atom. The molecule has 252 valence electrons. The second-order valence-corrected chi connectivity index (χ2v) is 14.2. The van der Waals surface area contributed by atoms with Crippen molar-refractivity contribution in [1.29, 1.82) is 0 Å². The van der Waals surface area contributed by atoms with Crippen LogP contribution in [0.5, 0.6) is 0 Å². The summed E-state index contributed by atoms with van der Waals surface area (Å²) in [4.78, 5) is 43.0. The Balaban J connectivity index is 1.64. The number of ketones is 1. The van der Waals surface area contributed by atoms with Crippen LogP contribution >= 0.6 is 0 Å². The molecule has 3 aliphatic carbocycles. The Kier molecular flexibility index (Phi) is 12.1. The van der Waals surface area contributed by atoms with Gasteiger partial charge >= 0.3 is 5.91 Å². The van der Waals surface area contributed by atoms with Gasteiger partial charge in [-0.2, -0.15) is 0 Å². The molecule has 0 fully saturated rings. The van der Waals surface area contributed by atoms with Crippen LogP contribution in [0.25, 0.3) is 11.8 Å². The summed E-state index contributed by atoms with van der Waals surface area (Å²) < 4.78 is 6.79. The van der Waals surface area contributed by atoms with Gasteiger partial charge < -0.3 is 10.1 Å². The van der Waals surface area contributed by atoms with Crippen molar-refractivity contribution in [3.63, 3.8) is 0 Å². The van der Waals surface area contributed by atoms with Gasteiger partial charge in [0.15, 0.2) is 0 Å². The number of Topliss-reactive ketones (excluding diaryl/α,β-unsaturated/α-hetero) is 1. The number of carbonyl (C=O) groups is 3. The van der Waals surface area contributed by atoms with Crippen molar-refractivity contribution in [2.75, 3.05) is 7.11 Å². The maximum atomic E-state index is 13.5. The van der Waals surface area contributed by atoms with Crippen molar-refractivity contribution in [2.24, 2.45) is 34.1 Å². The van der Waals surface area contributed by atoms with Gasteiger partial charge in [-0.15, -0.1) is 10.3 Å². The van der Waals surface area contributed by atoms with Crippen LogP contribution in [0, 0.1) is 29.1 Å². The largest absolute Gasteiger partial charge is 0.497 e. The van der Waals surface area contributed by atoms with E-state index >= 15 is 0 Å². The number of amides is 2. The molecule has 0 saturated heterocycles. The monoisotopic (exact) mass is 648 g/mol. The van der Waals surface area contributed by atoms with Gasteiger partial charge in [-0.3, -0.25) is 9.59 Å². The first-order valence-electron chi connectivity index (χ1n) is 16.9. The molecule has 3 aliphatic rings. The summed E-state index contributed by atoms with van der Waals surface area (Å²) in [5, 5.41) is 3.82.